The molecule has 0 unspecified atom stereocenters. The number of aromatic nitrogens is 4. The average Bonchev–Trinajstić information content (AvgIpc) is 3.68. The molecule has 0 saturated carbocycles. The molecule has 3 aromatic rings. The third-order valence-corrected chi connectivity index (χ3v) is 9.08. The van der Waals surface area contributed by atoms with Crippen molar-refractivity contribution in [1.82, 2.24) is 29.9 Å². The molecule has 1 amide bonds. The Labute approximate surface area is 290 Å². The van der Waals surface area contributed by atoms with E-state index in [-0.39, 0.29) is 59.5 Å². The summed E-state index contributed by atoms with van der Waals surface area (Å²) in [5, 5.41) is 13.6. The molecule has 15 heteroatoms. The van der Waals surface area contributed by atoms with Crippen molar-refractivity contribution in [3.63, 3.8) is 0 Å². The highest BCUT2D eigenvalue weighted by molar-refractivity contribution is 5.68. The van der Waals surface area contributed by atoms with E-state index in [1.54, 1.807) is 52.7 Å². The summed E-state index contributed by atoms with van der Waals surface area (Å²) in [4.78, 5) is 30.3. The molecule has 270 valence electrons. The molecule has 2 fully saturated rings. The van der Waals surface area contributed by atoms with Gasteiger partial charge in [-0.15, -0.1) is 0 Å². The molecule has 4 heterocycles. The predicted molar refractivity (Wildman–Crippen MR) is 176 cm³/mol. The van der Waals surface area contributed by atoms with Crippen LogP contribution in [0.25, 0.3) is 11.6 Å². The van der Waals surface area contributed by atoms with Crippen molar-refractivity contribution in [3.8, 4) is 29.5 Å². The van der Waals surface area contributed by atoms with Gasteiger partial charge in [-0.1, -0.05) is 11.2 Å². The van der Waals surface area contributed by atoms with Gasteiger partial charge in [0.25, 0.3) is 0 Å². The summed E-state index contributed by atoms with van der Waals surface area (Å²) >= 11 is 0. The van der Waals surface area contributed by atoms with E-state index in [0.717, 1.165) is 13.0 Å². The predicted octanol–water partition coefficient (Wildman–Crippen LogP) is 5.68. The minimum absolute atomic E-state index is 0.0128. The van der Waals surface area contributed by atoms with Crippen molar-refractivity contribution >= 4 is 6.09 Å². The standard InChI is InChI=1S/C35H45F2N7O6/c1-20(26-17-23(46-8)19-43(26)7)47-27-18-28(48-22-13-15-44(21(16-22)12-14-38)33(45)49-34(2,3)4)40-30(39-27)31-41-32(50-42-31)35(5,6)29-24(36)10-9-11-25(29)37/h9-11,18,20-23,26H,12-13,15-17,19H2,1-8H3/t20-,21+,22-,23-,26-/m0/s1. The van der Waals surface area contributed by atoms with Crippen molar-refractivity contribution < 1.29 is 37.0 Å². The fraction of sp³-hybridized carbons (Fsp3) is 0.600. The molecule has 2 aliphatic rings. The number of carbonyl (C=O) groups is 1. The second-order valence-electron chi connectivity index (χ2n) is 14.4. The number of amides is 1. The number of carbonyl (C=O) groups excluding carboxylic acids is 1. The maximum Gasteiger partial charge on any atom is 0.410 e. The number of methoxy groups -OCH3 is 1. The zero-order chi connectivity index (χ0) is 36.4. The number of hydrogen-bond acceptors (Lipinski definition) is 12. The zero-order valence-electron chi connectivity index (χ0n) is 29.8. The minimum atomic E-state index is -1.33. The SMILES string of the molecule is CO[C@H]1C[C@@H]([C@H](C)Oc2cc(O[C@H]3CCN(C(=O)OC(C)(C)C)[C@H](CC#N)C3)nc(-c3noc(C(C)(C)c4c(F)cccc4F)n3)n2)N(C)C1. The molecule has 0 radical (unpaired) electrons. The number of likely N-dealkylation sites (N-methyl/N-ethyl adjacent to an activating group) is 1. The van der Waals surface area contributed by atoms with Gasteiger partial charge in [-0.3, -0.25) is 4.90 Å². The number of ether oxygens (including phenoxy) is 4. The van der Waals surface area contributed by atoms with Crippen LogP contribution >= 0.6 is 0 Å². The van der Waals surface area contributed by atoms with Gasteiger partial charge in [-0.25, -0.2) is 13.6 Å². The molecular weight excluding hydrogens is 652 g/mol. The molecule has 2 aliphatic heterocycles. The molecular formula is C35H45F2N7O6. The monoisotopic (exact) mass is 697 g/mol. The van der Waals surface area contributed by atoms with Gasteiger partial charge in [-0.05, 0) is 67.1 Å². The average molecular weight is 698 g/mol. The molecule has 0 N–H and O–H groups in total. The third-order valence-electron chi connectivity index (χ3n) is 9.08. The molecule has 2 saturated heterocycles. The minimum Gasteiger partial charge on any atom is -0.474 e. The van der Waals surface area contributed by atoms with Gasteiger partial charge >= 0.3 is 6.09 Å². The van der Waals surface area contributed by atoms with Crippen molar-refractivity contribution in [2.75, 3.05) is 27.2 Å². The number of nitriles is 1. The van der Waals surface area contributed by atoms with Crippen molar-refractivity contribution in [1.29, 1.82) is 5.26 Å². The molecule has 0 aliphatic carbocycles. The summed E-state index contributed by atoms with van der Waals surface area (Å²) in [7, 11) is 3.69. The first-order valence-electron chi connectivity index (χ1n) is 16.7. The van der Waals surface area contributed by atoms with Crippen molar-refractivity contribution in [2.24, 2.45) is 0 Å². The Morgan fingerprint density at radius 2 is 1.78 bits per heavy atom. The summed E-state index contributed by atoms with van der Waals surface area (Å²) in [6.07, 6.45) is 0.548. The highest BCUT2D eigenvalue weighted by atomic mass is 19.1. The lowest BCUT2D eigenvalue weighted by Crippen LogP contribution is -2.50. The first-order valence-corrected chi connectivity index (χ1v) is 16.7. The number of nitrogens with zero attached hydrogens (tertiary/aromatic N) is 7. The van der Waals surface area contributed by atoms with Gasteiger partial charge in [-0.2, -0.15) is 20.2 Å². The van der Waals surface area contributed by atoms with Crippen LogP contribution in [0.4, 0.5) is 13.6 Å². The molecule has 0 spiro atoms. The van der Waals surface area contributed by atoms with Crippen LogP contribution in [-0.4, -0.2) is 99.2 Å². The molecule has 5 rings (SSSR count). The van der Waals surface area contributed by atoms with Crippen molar-refractivity contribution in [3.05, 3.63) is 47.4 Å². The normalized spacial score (nSPS) is 22.2. The molecule has 0 bridgehead atoms. The molecule has 1 aromatic carbocycles. The van der Waals surface area contributed by atoms with Gasteiger partial charge < -0.3 is 28.4 Å². The Morgan fingerprint density at radius 3 is 2.42 bits per heavy atom. The van der Waals surface area contributed by atoms with Crippen LogP contribution in [0.3, 0.4) is 0 Å². The van der Waals surface area contributed by atoms with Crippen LogP contribution in [0.15, 0.2) is 28.8 Å². The number of likely N-dealkylation sites (tertiary alicyclic amines) is 2. The summed E-state index contributed by atoms with van der Waals surface area (Å²) in [6, 6.07) is 6.97. The number of halogens is 2. The van der Waals surface area contributed by atoms with Gasteiger partial charge in [0.15, 0.2) is 0 Å². The fourth-order valence-corrected chi connectivity index (χ4v) is 6.52. The lowest BCUT2D eigenvalue weighted by atomic mass is 9.83. The first kappa shape index (κ1) is 36.9. The quantitative estimate of drug-likeness (QED) is 0.257. The van der Waals surface area contributed by atoms with E-state index in [2.05, 4.69) is 31.1 Å². The molecule has 13 nitrogen and oxygen atoms in total. The number of hydrogen-bond donors (Lipinski definition) is 0. The Balaban J connectivity index is 1.44. The first-order chi connectivity index (χ1) is 23.6. The Bertz CT molecular complexity index is 1690. The third kappa shape index (κ3) is 8.30. The van der Waals surface area contributed by atoms with E-state index in [9.17, 15) is 18.8 Å². The Morgan fingerprint density at radius 1 is 1.08 bits per heavy atom. The maximum atomic E-state index is 14.8. The van der Waals surface area contributed by atoms with Crippen LogP contribution in [0.5, 0.6) is 11.8 Å². The summed E-state index contributed by atoms with van der Waals surface area (Å²) < 4.78 is 59.0. The Hall–Kier alpha value is -4.42. The number of benzene rings is 1. The van der Waals surface area contributed by atoms with E-state index < -0.39 is 40.9 Å². The van der Waals surface area contributed by atoms with Gasteiger partial charge in [0.05, 0.1) is 36.1 Å². The number of rotatable bonds is 10. The fourth-order valence-electron chi connectivity index (χ4n) is 6.52. The van der Waals surface area contributed by atoms with Gasteiger partial charge in [0.2, 0.25) is 29.3 Å². The summed E-state index contributed by atoms with van der Waals surface area (Å²) in [5.41, 5.74) is -2.23. The van der Waals surface area contributed by atoms with E-state index in [1.807, 2.05) is 14.0 Å². The summed E-state index contributed by atoms with van der Waals surface area (Å²) in [6.45, 7) is 11.5. The smallest absolute Gasteiger partial charge is 0.410 e. The molecule has 2 aromatic heterocycles. The largest absolute Gasteiger partial charge is 0.474 e. The highest BCUT2D eigenvalue weighted by Crippen LogP contribution is 2.35. The van der Waals surface area contributed by atoms with Crippen LogP contribution in [0.2, 0.25) is 0 Å². The van der Waals surface area contributed by atoms with Gasteiger partial charge in [0.1, 0.15) is 29.4 Å². The topological polar surface area (TPSA) is 149 Å². The molecule has 50 heavy (non-hydrogen) atoms. The van der Waals surface area contributed by atoms with E-state index in [0.29, 0.717) is 19.4 Å². The second-order valence-corrected chi connectivity index (χ2v) is 14.4. The van der Waals surface area contributed by atoms with Crippen LogP contribution in [-0.2, 0) is 14.9 Å². The van der Waals surface area contributed by atoms with E-state index in [4.69, 9.17) is 23.5 Å². The van der Waals surface area contributed by atoms with Crippen LogP contribution < -0.4 is 9.47 Å². The zero-order valence-corrected chi connectivity index (χ0v) is 29.8. The maximum absolute atomic E-state index is 14.8. The lowest BCUT2D eigenvalue weighted by molar-refractivity contribution is -0.00382. The number of piperidine rings is 1. The van der Waals surface area contributed by atoms with Gasteiger partial charge in [0, 0.05) is 44.6 Å². The van der Waals surface area contributed by atoms with Crippen LogP contribution in [0.1, 0.15) is 78.7 Å². The van der Waals surface area contributed by atoms with E-state index >= 15 is 0 Å². The lowest BCUT2D eigenvalue weighted by Gasteiger charge is -2.38. The second kappa shape index (κ2) is 14.8. The van der Waals surface area contributed by atoms with Crippen LogP contribution in [0, 0.1) is 23.0 Å². The molecule has 5 atom stereocenters. The Kier molecular flexibility index (Phi) is 10.9. The van der Waals surface area contributed by atoms with Crippen molar-refractivity contribution in [2.45, 2.75) is 109 Å². The van der Waals surface area contributed by atoms with E-state index in [1.165, 1.54) is 18.2 Å². The highest BCUT2D eigenvalue weighted by Gasteiger charge is 2.38. The summed E-state index contributed by atoms with van der Waals surface area (Å²) in [5.74, 6) is -1.21.